The second-order valence-corrected chi connectivity index (χ2v) is 4.74. The summed E-state index contributed by atoms with van der Waals surface area (Å²) in [5, 5.41) is 17.0. The van der Waals surface area contributed by atoms with Crippen molar-refractivity contribution in [2.75, 3.05) is 0 Å². The van der Waals surface area contributed by atoms with Crippen molar-refractivity contribution in [3.8, 4) is 0 Å². The third-order valence-electron chi connectivity index (χ3n) is 0. The number of hydrogen-bond acceptors (Lipinski definition) is 4. The first-order valence-corrected chi connectivity index (χ1v) is 5.42. The molecule has 4 nitrogen and oxygen atoms in total. The standard InChI is InChI=1S/2C4H10O.Mo.2O/c2*1-4(2,3)5;;;/h2*5H,1-3H3;;;. The molecule has 0 aromatic rings. The first kappa shape index (κ1) is 18.9. The van der Waals surface area contributed by atoms with Crippen molar-refractivity contribution < 1.29 is 35.5 Å². The SMILES string of the molecule is CC(C)(C)O.CC(C)(C)O.[O]=[Mo]=[O]. The maximum absolute atomic E-state index is 8.52. The predicted molar refractivity (Wildman–Crippen MR) is 45.3 cm³/mol. The zero-order valence-corrected chi connectivity index (χ0v) is 11.1. The Labute approximate surface area is 88.5 Å². The zero-order chi connectivity index (χ0) is 11.7. The van der Waals surface area contributed by atoms with Gasteiger partial charge in [0.25, 0.3) is 0 Å². The molecule has 0 unspecified atom stereocenters. The average Bonchev–Trinajstić information content (AvgIpc) is 1.52. The number of aliphatic hydroxyl groups is 2. The molecule has 2 N–H and O–H groups in total. The first-order valence-electron chi connectivity index (χ1n) is 3.78. The molecule has 82 valence electrons. The van der Waals surface area contributed by atoms with Crippen molar-refractivity contribution in [1.29, 1.82) is 0 Å². The fraction of sp³-hybridized carbons (Fsp3) is 1.00. The van der Waals surface area contributed by atoms with Gasteiger partial charge in [0.15, 0.2) is 0 Å². The molecular formula is C8H20MoO4. The third-order valence-corrected chi connectivity index (χ3v) is 0. The van der Waals surface area contributed by atoms with E-state index in [1.165, 1.54) is 0 Å². The van der Waals surface area contributed by atoms with Gasteiger partial charge < -0.3 is 10.2 Å². The molecule has 0 fully saturated rings. The molecule has 0 aromatic heterocycles. The van der Waals surface area contributed by atoms with Crippen LogP contribution < -0.4 is 0 Å². The fourth-order valence-corrected chi connectivity index (χ4v) is 0. The zero-order valence-electron chi connectivity index (χ0n) is 9.12. The summed E-state index contributed by atoms with van der Waals surface area (Å²) in [5.41, 5.74) is -1.00. The molecule has 0 aliphatic heterocycles. The monoisotopic (exact) mass is 278 g/mol. The summed E-state index contributed by atoms with van der Waals surface area (Å²) in [6.07, 6.45) is 0. The van der Waals surface area contributed by atoms with E-state index in [0.29, 0.717) is 0 Å². The third kappa shape index (κ3) is 29300. The quantitative estimate of drug-likeness (QED) is 0.654. The second kappa shape index (κ2) is 8.79. The van der Waals surface area contributed by atoms with E-state index in [1.54, 1.807) is 41.5 Å². The summed E-state index contributed by atoms with van der Waals surface area (Å²) in [4.78, 5) is 0. The van der Waals surface area contributed by atoms with Gasteiger partial charge in [-0.15, -0.1) is 0 Å². The van der Waals surface area contributed by atoms with Crippen LogP contribution in [0.2, 0.25) is 0 Å². The van der Waals surface area contributed by atoms with E-state index < -0.39 is 29.7 Å². The molecule has 0 aliphatic rings. The van der Waals surface area contributed by atoms with Crippen LogP contribution in [0, 0.1) is 0 Å². The van der Waals surface area contributed by atoms with Crippen molar-refractivity contribution in [3.63, 3.8) is 0 Å². The molecule has 0 aliphatic carbocycles. The molecule has 0 spiro atoms. The first-order chi connectivity index (χ1) is 5.41. The van der Waals surface area contributed by atoms with Gasteiger partial charge in [0.1, 0.15) is 0 Å². The van der Waals surface area contributed by atoms with Gasteiger partial charge in [-0.05, 0) is 41.5 Å². The molecule has 0 heterocycles. The van der Waals surface area contributed by atoms with Gasteiger partial charge >= 0.3 is 25.3 Å². The molecule has 0 bridgehead atoms. The molecule has 5 heteroatoms. The van der Waals surface area contributed by atoms with Gasteiger partial charge in [0.05, 0.1) is 11.2 Å². The van der Waals surface area contributed by atoms with Crippen LogP contribution in [0.3, 0.4) is 0 Å². The van der Waals surface area contributed by atoms with Crippen LogP contribution in [0.4, 0.5) is 0 Å². The summed E-state index contributed by atoms with van der Waals surface area (Å²) in [7, 11) is 0. The average molecular weight is 276 g/mol. The van der Waals surface area contributed by atoms with E-state index in [9.17, 15) is 0 Å². The van der Waals surface area contributed by atoms with Crippen molar-refractivity contribution in [3.05, 3.63) is 0 Å². The van der Waals surface area contributed by atoms with Crippen LogP contribution in [0.1, 0.15) is 41.5 Å². The van der Waals surface area contributed by atoms with E-state index >= 15 is 0 Å². The van der Waals surface area contributed by atoms with E-state index in [0.717, 1.165) is 0 Å². The summed E-state index contributed by atoms with van der Waals surface area (Å²) >= 11 is -2.03. The Morgan fingerprint density at radius 2 is 0.769 bits per heavy atom. The molecule has 0 radical (unpaired) electrons. The summed E-state index contributed by atoms with van der Waals surface area (Å²) < 4.78 is 17.0. The number of hydrogen-bond donors (Lipinski definition) is 2. The van der Waals surface area contributed by atoms with Crippen molar-refractivity contribution >= 4 is 0 Å². The molecule has 0 saturated carbocycles. The van der Waals surface area contributed by atoms with Gasteiger partial charge in [-0.1, -0.05) is 0 Å². The van der Waals surface area contributed by atoms with Crippen LogP contribution in [0.15, 0.2) is 0 Å². The Morgan fingerprint density at radius 1 is 0.769 bits per heavy atom. The Kier molecular flexibility index (Phi) is 12.8. The van der Waals surface area contributed by atoms with Gasteiger partial charge in [0, 0.05) is 0 Å². The topological polar surface area (TPSA) is 74.6 Å². The van der Waals surface area contributed by atoms with Crippen LogP contribution in [0.5, 0.6) is 0 Å². The Morgan fingerprint density at radius 3 is 0.769 bits per heavy atom. The van der Waals surface area contributed by atoms with Crippen molar-refractivity contribution in [2.24, 2.45) is 0 Å². The Hall–Kier alpha value is 0.208. The second-order valence-electron chi connectivity index (χ2n) is 4.41. The van der Waals surface area contributed by atoms with Crippen LogP contribution in [-0.4, -0.2) is 21.4 Å². The predicted octanol–water partition coefficient (Wildman–Crippen LogP) is 1.31. The van der Waals surface area contributed by atoms with Crippen molar-refractivity contribution in [2.45, 2.75) is 52.7 Å². The van der Waals surface area contributed by atoms with Crippen LogP contribution >= 0.6 is 0 Å². The molecule has 0 rings (SSSR count). The summed E-state index contributed by atoms with van der Waals surface area (Å²) in [6.45, 7) is 10.5. The molecule has 13 heavy (non-hydrogen) atoms. The Bertz CT molecular complexity index is 113. The van der Waals surface area contributed by atoms with Gasteiger partial charge in [-0.2, -0.15) is 0 Å². The fourth-order valence-electron chi connectivity index (χ4n) is 0. The van der Waals surface area contributed by atoms with E-state index in [4.69, 9.17) is 17.0 Å². The van der Waals surface area contributed by atoms with Gasteiger partial charge in [-0.3, -0.25) is 0 Å². The van der Waals surface area contributed by atoms with Crippen LogP contribution in [-0.2, 0) is 25.3 Å². The normalized spacial score (nSPS) is 10.2. The Balaban J connectivity index is -0.000000120. The van der Waals surface area contributed by atoms with E-state index in [1.807, 2.05) is 0 Å². The summed E-state index contributed by atoms with van der Waals surface area (Å²) in [6, 6.07) is 0. The van der Waals surface area contributed by atoms with Crippen molar-refractivity contribution in [1.82, 2.24) is 0 Å². The molecule has 0 saturated heterocycles. The van der Waals surface area contributed by atoms with E-state index in [-0.39, 0.29) is 0 Å². The maximum atomic E-state index is 8.52. The minimum absolute atomic E-state index is 0.500. The van der Waals surface area contributed by atoms with Gasteiger partial charge in [-0.25, -0.2) is 0 Å². The molecule has 0 atom stereocenters. The minimum atomic E-state index is -2.03. The van der Waals surface area contributed by atoms with E-state index in [2.05, 4.69) is 0 Å². The number of rotatable bonds is 0. The summed E-state index contributed by atoms with van der Waals surface area (Å²) in [5.74, 6) is 0. The van der Waals surface area contributed by atoms with Gasteiger partial charge in [0.2, 0.25) is 0 Å². The van der Waals surface area contributed by atoms with Crippen LogP contribution in [0.25, 0.3) is 0 Å². The molecular weight excluding hydrogens is 256 g/mol. The molecule has 0 amide bonds. The molecule has 0 aromatic carbocycles.